The summed E-state index contributed by atoms with van der Waals surface area (Å²) >= 11 is 0. The summed E-state index contributed by atoms with van der Waals surface area (Å²) in [5.41, 5.74) is 9.83. The molecule has 1 aliphatic carbocycles. The van der Waals surface area contributed by atoms with Gasteiger partial charge in [-0.25, -0.2) is 4.98 Å². The third kappa shape index (κ3) is 3.10. The van der Waals surface area contributed by atoms with Crippen molar-refractivity contribution in [3.05, 3.63) is 42.4 Å². The summed E-state index contributed by atoms with van der Waals surface area (Å²) in [6, 6.07) is 6.60. The molecule has 0 saturated heterocycles. The van der Waals surface area contributed by atoms with Crippen molar-refractivity contribution in [3.8, 4) is 11.1 Å². The molecule has 3 heterocycles. The Morgan fingerprint density at radius 2 is 2.07 bits per heavy atom. The Kier molecular flexibility index (Phi) is 4.27. The van der Waals surface area contributed by atoms with Gasteiger partial charge >= 0.3 is 0 Å². The summed E-state index contributed by atoms with van der Waals surface area (Å²) in [7, 11) is 1.90. The highest BCUT2D eigenvalue weighted by Crippen LogP contribution is 2.40. The second kappa shape index (κ2) is 6.86. The van der Waals surface area contributed by atoms with Gasteiger partial charge in [-0.3, -0.25) is 9.48 Å². The van der Waals surface area contributed by atoms with E-state index in [1.165, 1.54) is 12.8 Å². The van der Waals surface area contributed by atoms with E-state index in [2.05, 4.69) is 52.4 Å². The highest BCUT2D eigenvalue weighted by molar-refractivity contribution is 6.18. The molecular formula is C23H26N6O. The lowest BCUT2D eigenvalue weighted by atomic mass is 9.99. The number of pyridine rings is 1. The highest BCUT2D eigenvalue weighted by Gasteiger charge is 2.34. The number of nitrogens with one attached hydrogen (secondary N) is 2. The minimum Gasteiger partial charge on any atom is -0.366 e. The second-order valence-corrected chi connectivity index (χ2v) is 8.67. The largest absolute Gasteiger partial charge is 0.366 e. The van der Waals surface area contributed by atoms with Crippen molar-refractivity contribution in [2.24, 2.45) is 24.6 Å². The highest BCUT2D eigenvalue weighted by atomic mass is 16.1. The molecular weight excluding hydrogens is 376 g/mol. The first-order valence-corrected chi connectivity index (χ1v) is 10.4. The summed E-state index contributed by atoms with van der Waals surface area (Å²) in [6.07, 6.45) is 7.91. The van der Waals surface area contributed by atoms with E-state index < -0.39 is 5.91 Å². The van der Waals surface area contributed by atoms with Crippen molar-refractivity contribution in [1.29, 1.82) is 0 Å². The monoisotopic (exact) mass is 402 g/mol. The van der Waals surface area contributed by atoms with E-state index in [-0.39, 0.29) is 0 Å². The van der Waals surface area contributed by atoms with Crippen LogP contribution >= 0.6 is 0 Å². The normalized spacial score (nSPS) is 15.2. The molecule has 154 valence electrons. The van der Waals surface area contributed by atoms with Gasteiger partial charge in [0.2, 0.25) is 0 Å². The van der Waals surface area contributed by atoms with Crippen LogP contribution in [0.5, 0.6) is 0 Å². The van der Waals surface area contributed by atoms with Crippen molar-refractivity contribution < 1.29 is 4.79 Å². The standard InChI is InChI=1S/C23H26N6O/c1-12(2)20(13-4-5-13)28-23-19-16-7-6-14(15-9-26-29(3)11-15)8-18(16)27-21(19)17(10-25-23)22(24)30/h6-13,20,27H,4-5H2,1-3H3,(H2,24,30)(H,25,28). The van der Waals surface area contributed by atoms with Crippen LogP contribution in [0.4, 0.5) is 5.82 Å². The van der Waals surface area contributed by atoms with Crippen LogP contribution in [-0.4, -0.2) is 31.7 Å². The number of anilines is 1. The van der Waals surface area contributed by atoms with Crippen LogP contribution < -0.4 is 11.1 Å². The van der Waals surface area contributed by atoms with Crippen molar-refractivity contribution in [2.75, 3.05) is 5.32 Å². The summed E-state index contributed by atoms with van der Waals surface area (Å²) in [5, 5.41) is 9.89. The Morgan fingerprint density at radius 1 is 1.27 bits per heavy atom. The number of nitrogens with two attached hydrogens (primary N) is 1. The predicted octanol–water partition coefficient (Wildman–Crippen LogP) is 4.06. The molecule has 1 fully saturated rings. The van der Waals surface area contributed by atoms with Crippen molar-refractivity contribution in [2.45, 2.75) is 32.7 Å². The third-order valence-corrected chi connectivity index (χ3v) is 6.08. The number of rotatable bonds is 6. The molecule has 1 aromatic carbocycles. The first kappa shape index (κ1) is 18.7. The van der Waals surface area contributed by atoms with E-state index in [0.717, 1.165) is 38.8 Å². The number of primary amides is 1. The fraction of sp³-hybridized carbons (Fsp3) is 0.348. The molecule has 3 aromatic heterocycles. The van der Waals surface area contributed by atoms with Gasteiger partial charge in [-0.05, 0) is 36.3 Å². The summed E-state index contributed by atoms with van der Waals surface area (Å²) < 4.78 is 1.78. The number of hydrogen-bond donors (Lipinski definition) is 3. The van der Waals surface area contributed by atoms with Crippen LogP contribution in [0.3, 0.4) is 0 Å². The maximum Gasteiger partial charge on any atom is 0.252 e. The van der Waals surface area contributed by atoms with Crippen LogP contribution in [0.15, 0.2) is 36.8 Å². The molecule has 1 amide bonds. The molecule has 0 aliphatic heterocycles. The van der Waals surface area contributed by atoms with Gasteiger partial charge in [-0.15, -0.1) is 0 Å². The summed E-state index contributed by atoms with van der Waals surface area (Å²) in [5.74, 6) is 1.49. The smallest absolute Gasteiger partial charge is 0.252 e. The van der Waals surface area contributed by atoms with E-state index in [1.807, 2.05) is 19.4 Å². The first-order valence-electron chi connectivity index (χ1n) is 10.4. The number of carbonyl (C=O) groups excluding carboxylic acids is 1. The number of benzene rings is 1. The van der Waals surface area contributed by atoms with Gasteiger partial charge in [-0.2, -0.15) is 5.10 Å². The van der Waals surface area contributed by atoms with Crippen molar-refractivity contribution in [3.63, 3.8) is 0 Å². The molecule has 5 rings (SSSR count). The fourth-order valence-corrected chi connectivity index (χ4v) is 4.39. The molecule has 0 bridgehead atoms. The van der Waals surface area contributed by atoms with Crippen LogP contribution in [0.1, 0.15) is 37.0 Å². The molecule has 7 heteroatoms. The van der Waals surface area contributed by atoms with Gasteiger partial charge in [0.25, 0.3) is 5.91 Å². The number of H-pyrrole nitrogens is 1. The van der Waals surface area contributed by atoms with E-state index in [0.29, 0.717) is 23.4 Å². The van der Waals surface area contributed by atoms with E-state index in [9.17, 15) is 4.79 Å². The zero-order valence-corrected chi connectivity index (χ0v) is 17.4. The minimum absolute atomic E-state index is 0.361. The van der Waals surface area contributed by atoms with E-state index in [1.54, 1.807) is 10.9 Å². The Bertz CT molecular complexity index is 1260. The average molecular weight is 403 g/mol. The van der Waals surface area contributed by atoms with Gasteiger partial charge in [0.15, 0.2) is 0 Å². The SMILES string of the molecule is CC(C)C(Nc1ncc(C(N)=O)c2[nH]c3cc(-c4cnn(C)c4)ccc3c12)C1CC1. The zero-order chi connectivity index (χ0) is 21.0. The number of aryl methyl sites for hydroxylation is 1. The second-order valence-electron chi connectivity index (χ2n) is 8.67. The van der Waals surface area contributed by atoms with Crippen molar-refractivity contribution in [1.82, 2.24) is 19.7 Å². The fourth-order valence-electron chi connectivity index (χ4n) is 4.39. The zero-order valence-electron chi connectivity index (χ0n) is 17.4. The van der Waals surface area contributed by atoms with Gasteiger partial charge in [0.1, 0.15) is 5.82 Å². The van der Waals surface area contributed by atoms with Crippen LogP contribution in [-0.2, 0) is 7.05 Å². The number of amides is 1. The molecule has 30 heavy (non-hydrogen) atoms. The molecule has 1 aliphatic rings. The quantitative estimate of drug-likeness (QED) is 0.452. The topological polar surface area (TPSA) is 102 Å². The number of fused-ring (bicyclic) bond motifs is 3. The van der Waals surface area contributed by atoms with Crippen LogP contribution in [0.2, 0.25) is 0 Å². The van der Waals surface area contributed by atoms with Crippen LogP contribution in [0, 0.1) is 11.8 Å². The number of carbonyl (C=O) groups is 1. The van der Waals surface area contributed by atoms with Crippen LogP contribution in [0.25, 0.3) is 32.9 Å². The lowest BCUT2D eigenvalue weighted by Gasteiger charge is -2.23. The molecule has 1 unspecified atom stereocenters. The Balaban J connectivity index is 1.69. The number of aromatic nitrogens is 4. The minimum atomic E-state index is -0.485. The predicted molar refractivity (Wildman–Crippen MR) is 119 cm³/mol. The number of hydrogen-bond acceptors (Lipinski definition) is 4. The molecule has 1 atom stereocenters. The molecule has 4 aromatic rings. The Labute approximate surface area is 174 Å². The Hall–Kier alpha value is -3.35. The summed E-state index contributed by atoms with van der Waals surface area (Å²) in [4.78, 5) is 20.1. The molecule has 0 spiro atoms. The molecule has 4 N–H and O–H groups in total. The first-order chi connectivity index (χ1) is 14.4. The van der Waals surface area contributed by atoms with Gasteiger partial charge < -0.3 is 16.0 Å². The Morgan fingerprint density at radius 3 is 2.70 bits per heavy atom. The number of nitrogens with zero attached hydrogens (tertiary/aromatic N) is 3. The maximum atomic E-state index is 12.1. The third-order valence-electron chi connectivity index (χ3n) is 6.08. The van der Waals surface area contributed by atoms with Gasteiger partial charge in [-0.1, -0.05) is 26.0 Å². The van der Waals surface area contributed by atoms with E-state index >= 15 is 0 Å². The van der Waals surface area contributed by atoms with Crippen molar-refractivity contribution >= 4 is 33.5 Å². The lowest BCUT2D eigenvalue weighted by Crippen LogP contribution is -2.28. The molecule has 0 radical (unpaired) electrons. The lowest BCUT2D eigenvalue weighted by molar-refractivity contribution is 0.100. The maximum absolute atomic E-state index is 12.1. The van der Waals surface area contributed by atoms with Gasteiger partial charge in [0.05, 0.1) is 22.7 Å². The molecule has 7 nitrogen and oxygen atoms in total. The summed E-state index contributed by atoms with van der Waals surface area (Å²) in [6.45, 7) is 4.47. The number of aromatic amines is 1. The van der Waals surface area contributed by atoms with Gasteiger partial charge in [0, 0.05) is 41.9 Å². The van der Waals surface area contributed by atoms with E-state index in [4.69, 9.17) is 5.73 Å². The molecule has 1 saturated carbocycles. The average Bonchev–Trinajstić information content (AvgIpc) is 3.33.